The third kappa shape index (κ3) is 5.33. The molecule has 0 atom stereocenters. The topological polar surface area (TPSA) is 61.5 Å². The Labute approximate surface area is 179 Å². The largest absolute Gasteiger partial charge is 0.496 e. The van der Waals surface area contributed by atoms with Crippen molar-refractivity contribution in [3.63, 3.8) is 0 Å². The summed E-state index contributed by atoms with van der Waals surface area (Å²) in [4.78, 5) is 0. The van der Waals surface area contributed by atoms with Crippen LogP contribution in [0.1, 0.15) is 23.4 Å². The first-order valence-electron chi connectivity index (χ1n) is 8.39. The number of hydrogen-bond acceptors (Lipinski definition) is 6. The van der Waals surface area contributed by atoms with Gasteiger partial charge >= 0.3 is 0 Å². The second kappa shape index (κ2) is 9.84. The Morgan fingerprint density at radius 1 is 1.21 bits per heavy atom. The van der Waals surface area contributed by atoms with Crippen molar-refractivity contribution in [3.8, 4) is 11.5 Å². The van der Waals surface area contributed by atoms with Crippen LogP contribution in [0.4, 0.5) is 8.78 Å². The lowest BCUT2D eigenvalue weighted by Crippen LogP contribution is -2.02. The van der Waals surface area contributed by atoms with Gasteiger partial charge in [-0.3, -0.25) is 0 Å². The minimum Gasteiger partial charge on any atom is -0.496 e. The fourth-order valence-electron chi connectivity index (χ4n) is 2.46. The fraction of sp³-hybridized carbons (Fsp3) is 0.211. The lowest BCUT2D eigenvalue weighted by molar-refractivity contribution is 0.135. The van der Waals surface area contributed by atoms with Crippen LogP contribution in [0.15, 0.2) is 57.2 Å². The van der Waals surface area contributed by atoms with E-state index in [1.165, 1.54) is 18.0 Å². The molecule has 3 aromatic rings. The average Bonchev–Trinajstić information content (AvgIpc) is 3.15. The number of alkyl halides is 2. The first-order chi connectivity index (χ1) is 14.0. The molecule has 0 N–H and O–H groups in total. The number of methoxy groups -OCH3 is 1. The highest BCUT2D eigenvalue weighted by molar-refractivity contribution is 9.10. The van der Waals surface area contributed by atoms with E-state index in [1.54, 1.807) is 25.5 Å². The van der Waals surface area contributed by atoms with E-state index in [0.717, 1.165) is 14.7 Å². The van der Waals surface area contributed by atoms with Gasteiger partial charge in [0.15, 0.2) is 0 Å². The van der Waals surface area contributed by atoms with Gasteiger partial charge in [0.1, 0.15) is 18.1 Å². The van der Waals surface area contributed by atoms with Gasteiger partial charge in [0.25, 0.3) is 6.43 Å². The molecule has 0 aliphatic carbocycles. The summed E-state index contributed by atoms with van der Waals surface area (Å²) in [7, 11) is 1.57. The molecule has 2 aromatic carbocycles. The summed E-state index contributed by atoms with van der Waals surface area (Å²) < 4.78 is 39.4. The van der Waals surface area contributed by atoms with Crippen molar-refractivity contribution < 1.29 is 18.3 Å². The van der Waals surface area contributed by atoms with E-state index in [-0.39, 0.29) is 11.8 Å². The molecular formula is C19H17BrF2N4O2S. The Bertz CT molecular complexity index is 996. The van der Waals surface area contributed by atoms with E-state index in [0.29, 0.717) is 17.1 Å². The van der Waals surface area contributed by atoms with Gasteiger partial charge in [0, 0.05) is 10.0 Å². The molecule has 0 spiro atoms. The number of benzene rings is 2. The van der Waals surface area contributed by atoms with Gasteiger partial charge in [-0.2, -0.15) is 9.78 Å². The molecule has 0 amide bonds. The Morgan fingerprint density at radius 2 is 1.97 bits per heavy atom. The third-order valence-corrected chi connectivity index (χ3v) is 5.00. The van der Waals surface area contributed by atoms with E-state index in [1.807, 2.05) is 30.3 Å². The van der Waals surface area contributed by atoms with Crippen molar-refractivity contribution in [3.05, 3.63) is 63.9 Å². The second-order valence-corrected chi connectivity index (χ2v) is 7.40. The molecule has 1 aromatic heterocycles. The van der Waals surface area contributed by atoms with E-state index in [4.69, 9.17) is 9.47 Å². The Kier molecular flexibility index (Phi) is 7.21. The number of thioether (sulfide) groups is 1. The minimum atomic E-state index is -2.77. The highest BCUT2D eigenvalue weighted by atomic mass is 79.9. The van der Waals surface area contributed by atoms with Crippen molar-refractivity contribution in [1.29, 1.82) is 0 Å². The van der Waals surface area contributed by atoms with Crippen LogP contribution in [0.5, 0.6) is 11.5 Å². The van der Waals surface area contributed by atoms with E-state index < -0.39 is 12.2 Å². The van der Waals surface area contributed by atoms with E-state index >= 15 is 0 Å². The van der Waals surface area contributed by atoms with Crippen LogP contribution in [0.3, 0.4) is 0 Å². The van der Waals surface area contributed by atoms with Crippen LogP contribution in [0, 0.1) is 0 Å². The van der Waals surface area contributed by atoms with Crippen molar-refractivity contribution in [2.45, 2.75) is 18.2 Å². The number of nitrogens with zero attached hydrogens (tertiary/aromatic N) is 4. The fourth-order valence-corrected chi connectivity index (χ4v) is 3.16. The van der Waals surface area contributed by atoms with Crippen LogP contribution in [-0.2, 0) is 6.61 Å². The van der Waals surface area contributed by atoms with Crippen molar-refractivity contribution in [2.24, 2.45) is 5.10 Å². The standard InChI is InChI=1S/C19H17BrF2N4O2S/c1-27-16-8-3-12(9-13(16)11-28-15-6-4-14(20)5-7-15)10-23-26-18(17(21)22)24-25-19(26)29-2/h3-10,17H,11H2,1-2H3. The lowest BCUT2D eigenvalue weighted by Gasteiger charge is -2.11. The average molecular weight is 483 g/mol. The number of halogens is 3. The summed E-state index contributed by atoms with van der Waals surface area (Å²) in [6.45, 7) is 0.275. The van der Waals surface area contributed by atoms with Gasteiger partial charge in [0.2, 0.25) is 11.0 Å². The molecule has 29 heavy (non-hydrogen) atoms. The van der Waals surface area contributed by atoms with Gasteiger partial charge in [-0.15, -0.1) is 10.2 Å². The van der Waals surface area contributed by atoms with Crippen LogP contribution in [0.2, 0.25) is 0 Å². The van der Waals surface area contributed by atoms with Crippen molar-refractivity contribution >= 4 is 33.9 Å². The molecule has 0 unspecified atom stereocenters. The molecule has 0 aliphatic heterocycles. The van der Waals surface area contributed by atoms with E-state index in [9.17, 15) is 8.78 Å². The lowest BCUT2D eigenvalue weighted by atomic mass is 10.1. The molecule has 152 valence electrons. The zero-order valence-corrected chi connectivity index (χ0v) is 18.0. The monoisotopic (exact) mass is 482 g/mol. The predicted molar refractivity (Wildman–Crippen MR) is 111 cm³/mol. The van der Waals surface area contributed by atoms with Gasteiger partial charge in [-0.1, -0.05) is 27.7 Å². The number of hydrogen-bond donors (Lipinski definition) is 0. The van der Waals surface area contributed by atoms with Gasteiger partial charge in [-0.25, -0.2) is 8.78 Å². The quantitative estimate of drug-likeness (QED) is 0.327. The maximum absolute atomic E-state index is 13.1. The minimum absolute atomic E-state index is 0.275. The number of aromatic nitrogens is 3. The first kappa shape index (κ1) is 21.3. The van der Waals surface area contributed by atoms with Crippen molar-refractivity contribution in [1.82, 2.24) is 14.9 Å². The summed E-state index contributed by atoms with van der Waals surface area (Å²) in [6.07, 6.45) is 0.416. The van der Waals surface area contributed by atoms with Crippen molar-refractivity contribution in [2.75, 3.05) is 13.4 Å². The molecule has 0 saturated carbocycles. The van der Waals surface area contributed by atoms with Gasteiger partial charge in [-0.05, 0) is 54.3 Å². The smallest absolute Gasteiger partial charge is 0.299 e. The highest BCUT2D eigenvalue weighted by Gasteiger charge is 2.19. The number of ether oxygens (including phenoxy) is 2. The summed E-state index contributed by atoms with van der Waals surface area (Å²) in [5, 5.41) is 11.6. The van der Waals surface area contributed by atoms with E-state index in [2.05, 4.69) is 31.2 Å². The summed E-state index contributed by atoms with van der Waals surface area (Å²) >= 11 is 4.57. The summed E-state index contributed by atoms with van der Waals surface area (Å²) in [6, 6.07) is 12.9. The third-order valence-electron chi connectivity index (χ3n) is 3.85. The molecule has 0 bridgehead atoms. The maximum Gasteiger partial charge on any atom is 0.299 e. The molecule has 0 aliphatic rings. The normalized spacial score (nSPS) is 11.4. The molecule has 0 fully saturated rings. The summed E-state index contributed by atoms with van der Waals surface area (Å²) in [5.74, 6) is 0.865. The SMILES string of the molecule is COc1ccc(C=Nn2c(SC)nnc2C(F)F)cc1COc1ccc(Br)cc1. The Hall–Kier alpha value is -2.46. The molecule has 1 heterocycles. The first-order valence-corrected chi connectivity index (χ1v) is 10.4. The van der Waals surface area contributed by atoms with Crippen LogP contribution in [-0.4, -0.2) is 34.5 Å². The maximum atomic E-state index is 13.1. The van der Waals surface area contributed by atoms with Crippen LogP contribution >= 0.6 is 27.7 Å². The molecule has 10 heteroatoms. The molecule has 0 saturated heterocycles. The van der Waals surface area contributed by atoms with Crippen LogP contribution in [0.25, 0.3) is 0 Å². The second-order valence-electron chi connectivity index (χ2n) is 5.72. The summed E-state index contributed by atoms with van der Waals surface area (Å²) in [5.41, 5.74) is 1.49. The molecule has 3 rings (SSSR count). The number of rotatable bonds is 8. The zero-order valence-electron chi connectivity index (χ0n) is 15.6. The van der Waals surface area contributed by atoms with Crippen LogP contribution < -0.4 is 9.47 Å². The zero-order chi connectivity index (χ0) is 20.8. The Morgan fingerprint density at radius 3 is 2.62 bits per heavy atom. The molecule has 0 radical (unpaired) electrons. The predicted octanol–water partition coefficient (Wildman–Crippen LogP) is 5.17. The Balaban J connectivity index is 1.82. The molecular weight excluding hydrogens is 466 g/mol. The van der Waals surface area contributed by atoms with Gasteiger partial charge in [0.05, 0.1) is 13.3 Å². The van der Waals surface area contributed by atoms with Gasteiger partial charge < -0.3 is 9.47 Å². The highest BCUT2D eigenvalue weighted by Crippen LogP contribution is 2.24. The molecule has 6 nitrogen and oxygen atoms in total.